The Morgan fingerprint density at radius 1 is 1.19 bits per heavy atom. The van der Waals surface area contributed by atoms with Gasteiger partial charge in [0.15, 0.2) is 0 Å². The van der Waals surface area contributed by atoms with Crippen molar-refractivity contribution < 1.29 is 13.2 Å². The summed E-state index contributed by atoms with van der Waals surface area (Å²) in [7, 11) is -1.65. The highest BCUT2D eigenvalue weighted by Crippen LogP contribution is 2.29. The standard InChI is InChI=1S/C23H32N4O3S/c1-17(2)27(16-18-14-24-25(3)15-18)23(28)20-9-11-26(12-10-20)31(29,30)22-8-7-19-5-4-6-21(19)13-22/h7-8,13-15,17,20H,4-6,9-12,16H2,1-3H3. The quantitative estimate of drug-likeness (QED) is 0.687. The smallest absolute Gasteiger partial charge is 0.243 e. The maximum atomic E-state index is 13.2. The van der Waals surface area contributed by atoms with Crippen LogP contribution in [0.15, 0.2) is 35.5 Å². The average Bonchev–Trinajstić information content (AvgIpc) is 3.39. The highest BCUT2D eigenvalue weighted by Gasteiger charge is 2.35. The molecule has 1 saturated heterocycles. The fourth-order valence-corrected chi connectivity index (χ4v) is 6.22. The fraction of sp³-hybridized carbons (Fsp3) is 0.565. The number of piperidine rings is 1. The Balaban J connectivity index is 1.41. The SMILES string of the molecule is CC(C)N(Cc1cnn(C)c1)C(=O)C1CCN(S(=O)(=O)c2ccc3c(c2)CCC3)CC1. The van der Waals surface area contributed by atoms with Crippen LogP contribution in [-0.4, -0.2) is 52.4 Å². The molecule has 1 fully saturated rings. The molecule has 31 heavy (non-hydrogen) atoms. The van der Waals surface area contributed by atoms with Gasteiger partial charge in [0.2, 0.25) is 15.9 Å². The van der Waals surface area contributed by atoms with Gasteiger partial charge in [0.1, 0.15) is 0 Å². The van der Waals surface area contributed by atoms with E-state index in [-0.39, 0.29) is 17.9 Å². The molecule has 0 radical (unpaired) electrons. The van der Waals surface area contributed by atoms with E-state index in [2.05, 4.69) is 5.10 Å². The van der Waals surface area contributed by atoms with Crippen molar-refractivity contribution in [3.8, 4) is 0 Å². The van der Waals surface area contributed by atoms with Gasteiger partial charge in [-0.05, 0) is 69.2 Å². The minimum Gasteiger partial charge on any atom is -0.336 e. The van der Waals surface area contributed by atoms with Crippen LogP contribution in [0.1, 0.15) is 49.8 Å². The van der Waals surface area contributed by atoms with Crippen LogP contribution in [0.4, 0.5) is 0 Å². The zero-order valence-corrected chi connectivity index (χ0v) is 19.4. The molecular formula is C23H32N4O3S. The van der Waals surface area contributed by atoms with Crippen molar-refractivity contribution in [2.75, 3.05) is 13.1 Å². The molecule has 0 atom stereocenters. The number of aromatic nitrogens is 2. The van der Waals surface area contributed by atoms with E-state index in [4.69, 9.17) is 0 Å². The van der Waals surface area contributed by atoms with Crippen LogP contribution in [0, 0.1) is 5.92 Å². The van der Waals surface area contributed by atoms with Crippen molar-refractivity contribution in [2.24, 2.45) is 13.0 Å². The molecule has 0 spiro atoms. The van der Waals surface area contributed by atoms with Crippen molar-refractivity contribution in [1.29, 1.82) is 0 Å². The Bertz CT molecular complexity index is 1050. The summed E-state index contributed by atoms with van der Waals surface area (Å²) in [5.41, 5.74) is 3.43. The molecule has 2 aromatic rings. The summed E-state index contributed by atoms with van der Waals surface area (Å²) >= 11 is 0. The van der Waals surface area contributed by atoms with Crippen molar-refractivity contribution in [1.82, 2.24) is 19.0 Å². The largest absolute Gasteiger partial charge is 0.336 e. The zero-order valence-electron chi connectivity index (χ0n) is 18.6. The molecule has 1 aromatic carbocycles. The Labute approximate surface area is 185 Å². The van der Waals surface area contributed by atoms with Gasteiger partial charge in [-0.25, -0.2) is 8.42 Å². The van der Waals surface area contributed by atoms with Crippen molar-refractivity contribution in [3.63, 3.8) is 0 Å². The summed E-state index contributed by atoms with van der Waals surface area (Å²) in [6.07, 6.45) is 7.91. The van der Waals surface area contributed by atoms with Crippen molar-refractivity contribution in [3.05, 3.63) is 47.3 Å². The van der Waals surface area contributed by atoms with Crippen LogP contribution in [0.3, 0.4) is 0 Å². The molecule has 4 rings (SSSR count). The van der Waals surface area contributed by atoms with E-state index < -0.39 is 10.0 Å². The van der Waals surface area contributed by atoms with E-state index in [0.717, 1.165) is 30.4 Å². The van der Waals surface area contributed by atoms with Gasteiger partial charge >= 0.3 is 0 Å². The predicted octanol–water partition coefficient (Wildman–Crippen LogP) is 2.75. The van der Waals surface area contributed by atoms with E-state index in [1.54, 1.807) is 21.3 Å². The molecule has 1 aromatic heterocycles. The monoisotopic (exact) mass is 444 g/mol. The molecule has 2 heterocycles. The van der Waals surface area contributed by atoms with Gasteiger partial charge < -0.3 is 4.90 Å². The Kier molecular flexibility index (Phi) is 6.21. The molecule has 2 aliphatic rings. The summed E-state index contributed by atoms with van der Waals surface area (Å²) < 4.78 is 29.6. The number of benzene rings is 1. The number of fused-ring (bicyclic) bond motifs is 1. The number of hydrogen-bond acceptors (Lipinski definition) is 4. The second kappa shape index (κ2) is 8.74. The molecule has 1 aliphatic carbocycles. The number of sulfonamides is 1. The molecule has 0 saturated carbocycles. The summed E-state index contributed by atoms with van der Waals surface area (Å²) in [6, 6.07) is 5.62. The third-order valence-electron chi connectivity index (χ3n) is 6.53. The van der Waals surface area contributed by atoms with E-state index in [9.17, 15) is 13.2 Å². The van der Waals surface area contributed by atoms with Crippen LogP contribution >= 0.6 is 0 Å². The summed E-state index contributed by atoms with van der Waals surface area (Å²) in [6.45, 7) is 5.32. The van der Waals surface area contributed by atoms with Crippen LogP contribution in [-0.2, 0) is 41.3 Å². The Morgan fingerprint density at radius 3 is 2.55 bits per heavy atom. The number of nitrogens with zero attached hydrogens (tertiary/aromatic N) is 4. The lowest BCUT2D eigenvalue weighted by Gasteiger charge is -2.35. The maximum Gasteiger partial charge on any atom is 0.243 e. The van der Waals surface area contributed by atoms with Gasteiger partial charge in [-0.2, -0.15) is 9.40 Å². The number of carbonyl (C=O) groups excluding carboxylic acids is 1. The highest BCUT2D eigenvalue weighted by atomic mass is 32.2. The van der Waals surface area contributed by atoms with E-state index in [1.165, 1.54) is 5.56 Å². The summed E-state index contributed by atoms with van der Waals surface area (Å²) in [5.74, 6) is -0.0426. The second-order valence-corrected chi connectivity index (χ2v) is 11.0. The first-order chi connectivity index (χ1) is 14.8. The molecule has 8 heteroatoms. The van der Waals surface area contributed by atoms with E-state index >= 15 is 0 Å². The average molecular weight is 445 g/mol. The zero-order chi connectivity index (χ0) is 22.2. The van der Waals surface area contributed by atoms with Crippen molar-refractivity contribution >= 4 is 15.9 Å². The molecule has 168 valence electrons. The second-order valence-electron chi connectivity index (χ2n) is 9.04. The van der Waals surface area contributed by atoms with Gasteiger partial charge in [-0.1, -0.05) is 6.07 Å². The van der Waals surface area contributed by atoms with Gasteiger partial charge in [0, 0.05) is 50.4 Å². The van der Waals surface area contributed by atoms with Gasteiger partial charge in [0.25, 0.3) is 0 Å². The minimum absolute atomic E-state index is 0.0703. The highest BCUT2D eigenvalue weighted by molar-refractivity contribution is 7.89. The first kappa shape index (κ1) is 22.0. The lowest BCUT2D eigenvalue weighted by atomic mass is 9.96. The maximum absolute atomic E-state index is 13.2. The topological polar surface area (TPSA) is 75.5 Å². The van der Waals surface area contributed by atoms with Crippen LogP contribution < -0.4 is 0 Å². The molecule has 0 N–H and O–H groups in total. The lowest BCUT2D eigenvalue weighted by Crippen LogP contribution is -2.46. The molecular weight excluding hydrogens is 412 g/mol. The Hall–Kier alpha value is -2.19. The van der Waals surface area contributed by atoms with Crippen LogP contribution in [0.25, 0.3) is 0 Å². The van der Waals surface area contributed by atoms with Gasteiger partial charge in [0.05, 0.1) is 11.1 Å². The number of aryl methyl sites for hydroxylation is 3. The van der Waals surface area contributed by atoms with Gasteiger partial charge in [-0.15, -0.1) is 0 Å². The summed E-state index contributed by atoms with van der Waals surface area (Å²) in [5, 5.41) is 4.19. The number of carbonyl (C=O) groups is 1. The van der Waals surface area contributed by atoms with E-state index in [0.29, 0.717) is 37.4 Å². The Morgan fingerprint density at radius 2 is 1.90 bits per heavy atom. The summed E-state index contributed by atoms with van der Waals surface area (Å²) in [4.78, 5) is 15.5. The van der Waals surface area contributed by atoms with Crippen molar-refractivity contribution in [2.45, 2.75) is 63.4 Å². The number of hydrogen-bond donors (Lipinski definition) is 0. The van der Waals surface area contributed by atoms with Gasteiger partial charge in [-0.3, -0.25) is 9.48 Å². The number of rotatable bonds is 6. The number of amides is 1. The van der Waals surface area contributed by atoms with E-state index in [1.807, 2.05) is 44.1 Å². The molecule has 0 unspecified atom stereocenters. The minimum atomic E-state index is -3.52. The first-order valence-electron chi connectivity index (χ1n) is 11.2. The normalized spacial score (nSPS) is 17.8. The first-order valence-corrected chi connectivity index (χ1v) is 12.6. The lowest BCUT2D eigenvalue weighted by molar-refractivity contribution is -0.139. The van der Waals surface area contributed by atoms with Crippen LogP contribution in [0.2, 0.25) is 0 Å². The molecule has 1 amide bonds. The predicted molar refractivity (Wildman–Crippen MR) is 119 cm³/mol. The molecule has 0 bridgehead atoms. The third-order valence-corrected chi connectivity index (χ3v) is 8.42. The van der Waals surface area contributed by atoms with Crippen LogP contribution in [0.5, 0.6) is 0 Å². The molecule has 7 nitrogen and oxygen atoms in total. The molecule has 1 aliphatic heterocycles. The fourth-order valence-electron chi connectivity index (χ4n) is 4.70. The third kappa shape index (κ3) is 4.55.